The second-order valence-corrected chi connectivity index (χ2v) is 5.09. The highest BCUT2D eigenvalue weighted by molar-refractivity contribution is 5.68. The Labute approximate surface area is 98.0 Å². The van der Waals surface area contributed by atoms with E-state index in [1.54, 1.807) is 20.8 Å². The van der Waals surface area contributed by atoms with E-state index in [0.29, 0.717) is 0 Å². The molecular weight excluding hydrogens is 236 g/mol. The molecule has 1 rings (SSSR count). The number of aliphatic hydroxyl groups is 2. The fourth-order valence-corrected chi connectivity index (χ4v) is 1.43. The Hall–Kier alpha value is -0.950. The number of nitrogens with zero attached hydrogens (tertiary/aromatic N) is 1. The Kier molecular flexibility index (Phi) is 3.63. The molecule has 0 saturated carbocycles. The summed E-state index contributed by atoms with van der Waals surface area (Å²) in [6.07, 6.45) is -5.00. The molecule has 7 heteroatoms. The third-order valence-electron chi connectivity index (χ3n) is 2.33. The number of halogens is 2. The van der Waals surface area contributed by atoms with Crippen molar-refractivity contribution < 1.29 is 28.5 Å². The van der Waals surface area contributed by atoms with E-state index in [1.807, 2.05) is 0 Å². The molecule has 0 unspecified atom stereocenters. The standard InChI is InChI=1S/C10H17F2NO4/c1-9(2,3)17-8(16)13-4-6(14)10(11,12)7(15)5-13/h6-7,14-15H,4-5H2,1-3H3/t6-,7-/m1/s1. The normalized spacial score (nSPS) is 29.0. The van der Waals surface area contributed by atoms with Crippen LogP contribution in [-0.4, -0.2) is 58.0 Å². The Balaban J connectivity index is 2.68. The molecular formula is C10H17F2NO4. The van der Waals surface area contributed by atoms with Gasteiger partial charge in [-0.25, -0.2) is 13.6 Å². The van der Waals surface area contributed by atoms with Crippen LogP contribution in [-0.2, 0) is 4.74 Å². The highest BCUT2D eigenvalue weighted by Gasteiger charge is 2.52. The topological polar surface area (TPSA) is 70.0 Å². The Morgan fingerprint density at radius 1 is 1.29 bits per heavy atom. The number of likely N-dealkylation sites (tertiary alicyclic amines) is 1. The van der Waals surface area contributed by atoms with Crippen molar-refractivity contribution in [3.63, 3.8) is 0 Å². The lowest BCUT2D eigenvalue weighted by molar-refractivity contribution is -0.206. The van der Waals surface area contributed by atoms with Crippen molar-refractivity contribution in [2.45, 2.75) is 44.5 Å². The molecule has 1 heterocycles. The quantitative estimate of drug-likeness (QED) is 0.663. The maximum Gasteiger partial charge on any atom is 0.410 e. The third-order valence-corrected chi connectivity index (χ3v) is 2.33. The van der Waals surface area contributed by atoms with Crippen molar-refractivity contribution in [1.82, 2.24) is 4.90 Å². The van der Waals surface area contributed by atoms with Crippen LogP contribution in [0, 0.1) is 0 Å². The van der Waals surface area contributed by atoms with E-state index >= 15 is 0 Å². The highest BCUT2D eigenvalue weighted by Crippen LogP contribution is 2.29. The minimum absolute atomic E-state index is 0.557. The molecule has 1 fully saturated rings. The summed E-state index contributed by atoms with van der Waals surface area (Å²) in [5.41, 5.74) is -0.757. The van der Waals surface area contributed by atoms with Crippen LogP contribution in [0.4, 0.5) is 13.6 Å². The van der Waals surface area contributed by atoms with Gasteiger partial charge in [-0.3, -0.25) is 0 Å². The lowest BCUT2D eigenvalue weighted by atomic mass is 10.0. The average Bonchev–Trinajstić information content (AvgIpc) is 2.11. The van der Waals surface area contributed by atoms with Crippen LogP contribution in [0.3, 0.4) is 0 Å². The number of ether oxygens (including phenoxy) is 1. The Bertz CT molecular complexity index is 289. The SMILES string of the molecule is CC(C)(C)OC(=O)N1C[C@@H](O)C(F)(F)[C@H](O)C1. The van der Waals surface area contributed by atoms with Crippen molar-refractivity contribution in [2.24, 2.45) is 0 Å². The summed E-state index contributed by atoms with van der Waals surface area (Å²) in [4.78, 5) is 12.4. The number of carbonyl (C=O) groups excluding carboxylic acids is 1. The van der Waals surface area contributed by atoms with Gasteiger partial charge in [0.1, 0.15) is 17.8 Å². The van der Waals surface area contributed by atoms with E-state index in [0.717, 1.165) is 4.90 Å². The minimum atomic E-state index is -3.60. The van der Waals surface area contributed by atoms with Crippen molar-refractivity contribution in [1.29, 1.82) is 0 Å². The molecule has 2 atom stereocenters. The predicted molar refractivity (Wildman–Crippen MR) is 54.8 cm³/mol. The molecule has 0 spiro atoms. The number of carbonyl (C=O) groups is 1. The number of alkyl halides is 2. The van der Waals surface area contributed by atoms with Gasteiger partial charge in [-0.2, -0.15) is 0 Å². The molecule has 1 amide bonds. The zero-order valence-electron chi connectivity index (χ0n) is 9.98. The van der Waals surface area contributed by atoms with Crippen LogP contribution in [0.5, 0.6) is 0 Å². The van der Waals surface area contributed by atoms with E-state index in [1.165, 1.54) is 0 Å². The lowest BCUT2D eigenvalue weighted by Gasteiger charge is -2.39. The summed E-state index contributed by atoms with van der Waals surface area (Å²) < 4.78 is 31.1. The first-order valence-electron chi connectivity index (χ1n) is 5.26. The van der Waals surface area contributed by atoms with Gasteiger partial charge in [0, 0.05) is 0 Å². The predicted octanol–water partition coefficient (Wildman–Crippen LogP) is 0.594. The number of hydrogen-bond donors (Lipinski definition) is 2. The molecule has 0 aromatic carbocycles. The van der Waals surface area contributed by atoms with Gasteiger partial charge in [-0.05, 0) is 20.8 Å². The Morgan fingerprint density at radius 3 is 2.06 bits per heavy atom. The first-order valence-corrected chi connectivity index (χ1v) is 5.26. The fraction of sp³-hybridized carbons (Fsp3) is 0.900. The summed E-state index contributed by atoms with van der Waals surface area (Å²) in [5, 5.41) is 18.3. The molecule has 1 saturated heterocycles. The van der Waals surface area contributed by atoms with Gasteiger partial charge in [0.25, 0.3) is 0 Å². The van der Waals surface area contributed by atoms with E-state index < -0.39 is 42.9 Å². The number of hydrogen-bond acceptors (Lipinski definition) is 4. The minimum Gasteiger partial charge on any atom is -0.444 e. The maximum atomic E-state index is 13.1. The van der Waals surface area contributed by atoms with Crippen LogP contribution in [0.1, 0.15) is 20.8 Å². The van der Waals surface area contributed by atoms with Gasteiger partial charge in [-0.1, -0.05) is 0 Å². The molecule has 5 nitrogen and oxygen atoms in total. The van der Waals surface area contributed by atoms with Crippen LogP contribution in [0.2, 0.25) is 0 Å². The molecule has 0 aliphatic carbocycles. The van der Waals surface area contributed by atoms with Crippen LogP contribution < -0.4 is 0 Å². The first-order chi connectivity index (χ1) is 7.54. The molecule has 0 aromatic rings. The van der Waals surface area contributed by atoms with Crippen molar-refractivity contribution in [2.75, 3.05) is 13.1 Å². The van der Waals surface area contributed by atoms with Gasteiger partial charge in [0.15, 0.2) is 0 Å². The van der Waals surface area contributed by atoms with E-state index in [4.69, 9.17) is 14.9 Å². The van der Waals surface area contributed by atoms with Gasteiger partial charge in [-0.15, -0.1) is 0 Å². The van der Waals surface area contributed by atoms with Gasteiger partial charge in [0.05, 0.1) is 13.1 Å². The monoisotopic (exact) mass is 253 g/mol. The number of β-amino-alcohol motifs (C(OH)–C–C–N with tert-alkyl or cyclic N) is 2. The number of piperidine rings is 1. The van der Waals surface area contributed by atoms with Gasteiger partial charge < -0.3 is 19.8 Å². The first kappa shape index (κ1) is 14.1. The zero-order chi connectivity index (χ0) is 13.4. The Morgan fingerprint density at radius 2 is 1.71 bits per heavy atom. The van der Waals surface area contributed by atoms with E-state index in [-0.39, 0.29) is 0 Å². The molecule has 0 aromatic heterocycles. The van der Waals surface area contributed by atoms with Crippen molar-refractivity contribution >= 4 is 6.09 Å². The van der Waals surface area contributed by atoms with Crippen LogP contribution >= 0.6 is 0 Å². The van der Waals surface area contributed by atoms with Crippen LogP contribution in [0.25, 0.3) is 0 Å². The van der Waals surface area contributed by atoms with Crippen molar-refractivity contribution in [3.8, 4) is 0 Å². The number of aliphatic hydroxyl groups excluding tert-OH is 2. The molecule has 17 heavy (non-hydrogen) atoms. The van der Waals surface area contributed by atoms with E-state index in [9.17, 15) is 13.6 Å². The smallest absolute Gasteiger partial charge is 0.410 e. The van der Waals surface area contributed by atoms with Crippen molar-refractivity contribution in [3.05, 3.63) is 0 Å². The molecule has 1 aliphatic rings. The summed E-state index contributed by atoms with van der Waals surface area (Å²) in [6.45, 7) is 3.79. The van der Waals surface area contributed by atoms with Crippen LogP contribution in [0.15, 0.2) is 0 Å². The van der Waals surface area contributed by atoms with Gasteiger partial charge >= 0.3 is 12.0 Å². The number of amides is 1. The molecule has 0 bridgehead atoms. The largest absolute Gasteiger partial charge is 0.444 e. The highest BCUT2D eigenvalue weighted by atomic mass is 19.3. The number of rotatable bonds is 0. The molecule has 2 N–H and O–H groups in total. The average molecular weight is 253 g/mol. The lowest BCUT2D eigenvalue weighted by Crippen LogP contribution is -2.61. The molecule has 0 radical (unpaired) electrons. The fourth-order valence-electron chi connectivity index (χ4n) is 1.43. The summed E-state index contributed by atoms with van der Waals surface area (Å²) in [5.74, 6) is -3.60. The molecule has 100 valence electrons. The summed E-state index contributed by atoms with van der Waals surface area (Å²) >= 11 is 0. The molecule has 1 aliphatic heterocycles. The summed E-state index contributed by atoms with van der Waals surface area (Å²) in [6, 6.07) is 0. The second kappa shape index (κ2) is 4.38. The maximum absolute atomic E-state index is 13.1. The van der Waals surface area contributed by atoms with E-state index in [2.05, 4.69) is 0 Å². The van der Waals surface area contributed by atoms with Gasteiger partial charge in [0.2, 0.25) is 0 Å². The third kappa shape index (κ3) is 3.26. The second-order valence-electron chi connectivity index (χ2n) is 5.09. The summed E-state index contributed by atoms with van der Waals surface area (Å²) in [7, 11) is 0. The zero-order valence-corrected chi connectivity index (χ0v) is 9.98.